The van der Waals surface area contributed by atoms with Gasteiger partial charge in [-0.3, -0.25) is 4.79 Å². The maximum atomic E-state index is 13.7. The summed E-state index contributed by atoms with van der Waals surface area (Å²) in [4.78, 5) is 11.0. The SMILES string of the molecule is O=C(C(F)(F)C(F)(F)C(F)(F)C(F)(F)C(F)(F)C(F)(F)C(F)(F)C(F)(F)F)C(F)(F)C(F)(F)C(F)(F)C(F)(F)C(F)(F)C(F)(F)C(F)(F)C(F)(F)F. The average molecular weight is 866 g/mol. The highest BCUT2D eigenvalue weighted by Crippen LogP contribution is 2.67. The minimum atomic E-state index is -9.89. The third-order valence-electron chi connectivity index (χ3n) is 6.01. The van der Waals surface area contributed by atoms with Crippen molar-refractivity contribution in [3.8, 4) is 0 Å². The van der Waals surface area contributed by atoms with E-state index in [1.54, 1.807) is 0 Å². The van der Waals surface area contributed by atoms with Crippen molar-refractivity contribution in [1.82, 2.24) is 0 Å². The number of hydrogen-bond acceptors (Lipinski definition) is 1. The summed E-state index contributed by atoms with van der Waals surface area (Å²) in [7, 11) is 0. The zero-order valence-electron chi connectivity index (χ0n) is 21.8. The molecule has 0 amide bonds. The Kier molecular flexibility index (Phi) is 11.0. The lowest BCUT2D eigenvalue weighted by molar-refractivity contribution is -0.463. The van der Waals surface area contributed by atoms with Crippen LogP contribution in [0.1, 0.15) is 0 Å². The molecular weight excluding hydrogens is 866 g/mol. The lowest BCUT2D eigenvalue weighted by Gasteiger charge is -2.44. The first-order chi connectivity index (χ1) is 21.7. The molecule has 0 fully saturated rings. The Morgan fingerprint density at radius 2 is 0.308 bits per heavy atom. The predicted octanol–water partition coefficient (Wildman–Crippen LogP) is 10.6. The Balaban J connectivity index is 7.58. The van der Waals surface area contributed by atoms with Gasteiger partial charge in [0.2, 0.25) is 0 Å². The minimum Gasteiger partial charge on any atom is -0.286 e. The van der Waals surface area contributed by atoms with Crippen LogP contribution < -0.4 is 0 Å². The number of carbonyl (C=O) groups excluding carboxylic acids is 1. The molecule has 0 aromatic rings. The van der Waals surface area contributed by atoms with Crippen LogP contribution in [0.15, 0.2) is 0 Å². The molecule has 0 unspecified atom stereocenters. The van der Waals surface area contributed by atoms with Crippen LogP contribution in [0.25, 0.3) is 0 Å². The quantitative estimate of drug-likeness (QED) is 0.159. The summed E-state index contributed by atoms with van der Waals surface area (Å²) >= 11 is 0. The van der Waals surface area contributed by atoms with Gasteiger partial charge >= 0.3 is 95.3 Å². The van der Waals surface area contributed by atoms with E-state index in [2.05, 4.69) is 0 Å². The molecule has 0 aliphatic rings. The summed E-state index contributed by atoms with van der Waals surface area (Å²) < 4.78 is 447. The Bertz CT molecular complexity index is 1240. The van der Waals surface area contributed by atoms with E-state index >= 15 is 0 Å². The Morgan fingerprint density at radius 1 is 0.192 bits per heavy atom. The second-order valence-corrected chi connectivity index (χ2v) is 9.37. The number of halogens is 34. The largest absolute Gasteiger partial charge is 0.460 e. The fourth-order valence-electron chi connectivity index (χ4n) is 2.81. The molecule has 0 aliphatic heterocycles. The van der Waals surface area contributed by atoms with Gasteiger partial charge in [0.25, 0.3) is 5.78 Å². The fraction of sp³-hybridized carbons (Fsp3) is 0.941. The number of rotatable bonds is 14. The second-order valence-electron chi connectivity index (χ2n) is 9.37. The van der Waals surface area contributed by atoms with E-state index in [1.807, 2.05) is 0 Å². The lowest BCUT2D eigenvalue weighted by Crippen LogP contribution is -2.77. The van der Waals surface area contributed by atoms with E-state index in [9.17, 15) is 154 Å². The number of hydrogen-bond donors (Lipinski definition) is 0. The molecule has 0 heterocycles. The second kappa shape index (κ2) is 11.6. The third kappa shape index (κ3) is 5.54. The summed E-state index contributed by atoms with van der Waals surface area (Å²) in [5.41, 5.74) is 0. The van der Waals surface area contributed by atoms with Gasteiger partial charge in [-0.2, -0.15) is 149 Å². The van der Waals surface area contributed by atoms with Crippen molar-refractivity contribution in [2.24, 2.45) is 0 Å². The molecule has 0 aromatic heterocycles. The van der Waals surface area contributed by atoms with Crippen molar-refractivity contribution in [3.63, 3.8) is 0 Å². The van der Waals surface area contributed by atoms with Crippen molar-refractivity contribution in [3.05, 3.63) is 0 Å². The van der Waals surface area contributed by atoms with Crippen LogP contribution in [0.3, 0.4) is 0 Å². The maximum absolute atomic E-state index is 13.7. The molecule has 0 bridgehead atoms. The van der Waals surface area contributed by atoms with E-state index in [1.165, 1.54) is 0 Å². The van der Waals surface area contributed by atoms with Crippen LogP contribution in [0, 0.1) is 0 Å². The van der Waals surface area contributed by atoms with Gasteiger partial charge in [0, 0.05) is 0 Å². The monoisotopic (exact) mass is 866 g/mol. The fourth-order valence-corrected chi connectivity index (χ4v) is 2.81. The first-order valence-corrected chi connectivity index (χ1v) is 10.6. The molecule has 0 aliphatic carbocycles. The minimum absolute atomic E-state index is 6.94. The lowest BCUT2D eigenvalue weighted by atomic mass is 9.84. The van der Waals surface area contributed by atoms with Gasteiger partial charge in [-0.05, 0) is 0 Å². The van der Waals surface area contributed by atoms with Crippen molar-refractivity contribution in [2.75, 3.05) is 0 Å². The summed E-state index contributed by atoms with van der Waals surface area (Å²) in [6.45, 7) is 0. The highest BCUT2D eigenvalue weighted by molar-refractivity contribution is 5.94. The van der Waals surface area contributed by atoms with Crippen molar-refractivity contribution in [1.29, 1.82) is 0 Å². The Hall–Kier alpha value is -2.71. The topological polar surface area (TPSA) is 17.1 Å². The molecule has 0 rings (SSSR count). The standard InChI is InChI=1S/C17F34O/c18-2(19,4(22,23)6(26,27)8(30,31)10(34,35)12(38,39)14(42,43)16(46,47)48)1(52)3(20,21)5(24,25)7(28,29)9(32,33)11(36,37)13(40,41)15(44,45)17(49,50)51. The van der Waals surface area contributed by atoms with Crippen LogP contribution in [0.2, 0.25) is 0 Å². The molecule has 0 atom stereocenters. The molecular formula is C17F34O. The molecule has 0 aromatic carbocycles. The molecule has 312 valence electrons. The van der Waals surface area contributed by atoms with E-state index in [0.717, 1.165) is 0 Å². The Morgan fingerprint density at radius 3 is 0.442 bits per heavy atom. The zero-order chi connectivity index (χ0) is 43.6. The number of Topliss-reactive ketones (excluding diaryl/α,β-unsaturated/α-hetero) is 1. The summed E-state index contributed by atoms with van der Waals surface area (Å²) in [5, 5.41) is 0. The predicted molar refractivity (Wildman–Crippen MR) is 86.4 cm³/mol. The van der Waals surface area contributed by atoms with Gasteiger partial charge in [-0.25, -0.2) is 0 Å². The number of carbonyl (C=O) groups is 1. The third-order valence-corrected chi connectivity index (χ3v) is 6.01. The van der Waals surface area contributed by atoms with Crippen molar-refractivity contribution < 1.29 is 154 Å². The van der Waals surface area contributed by atoms with Gasteiger partial charge in [-0.15, -0.1) is 0 Å². The molecule has 1 nitrogen and oxygen atoms in total. The van der Waals surface area contributed by atoms with Crippen LogP contribution in [0.5, 0.6) is 0 Å². The Labute approximate surface area is 256 Å². The first-order valence-electron chi connectivity index (χ1n) is 10.6. The highest BCUT2D eigenvalue weighted by atomic mass is 19.4. The normalized spacial score (nSPS) is 17.1. The van der Waals surface area contributed by atoms with Gasteiger partial charge in [0.15, 0.2) is 0 Å². The van der Waals surface area contributed by atoms with Gasteiger partial charge in [0.1, 0.15) is 0 Å². The molecule has 0 N–H and O–H groups in total. The highest BCUT2D eigenvalue weighted by Gasteiger charge is 2.99. The summed E-state index contributed by atoms with van der Waals surface area (Å²) in [5.74, 6) is -141. The molecule has 0 saturated carbocycles. The molecule has 0 spiro atoms. The van der Waals surface area contributed by atoms with E-state index in [0.29, 0.717) is 0 Å². The smallest absolute Gasteiger partial charge is 0.286 e. The van der Waals surface area contributed by atoms with Crippen LogP contribution in [-0.4, -0.2) is 101 Å². The average Bonchev–Trinajstić information content (AvgIpc) is 2.89. The van der Waals surface area contributed by atoms with Gasteiger partial charge in [-0.1, -0.05) is 0 Å². The van der Waals surface area contributed by atoms with Crippen LogP contribution in [0.4, 0.5) is 149 Å². The van der Waals surface area contributed by atoms with E-state index in [4.69, 9.17) is 0 Å². The van der Waals surface area contributed by atoms with Crippen molar-refractivity contribution >= 4 is 5.78 Å². The zero-order valence-corrected chi connectivity index (χ0v) is 21.8. The first kappa shape index (κ1) is 49.3. The summed E-state index contributed by atoms with van der Waals surface area (Å²) in [6.07, 6.45) is -16.7. The van der Waals surface area contributed by atoms with Crippen LogP contribution >= 0.6 is 0 Å². The summed E-state index contributed by atoms with van der Waals surface area (Å²) in [6, 6.07) is 0. The molecule has 0 saturated heterocycles. The van der Waals surface area contributed by atoms with E-state index in [-0.39, 0.29) is 0 Å². The molecule has 35 heteroatoms. The number of ketones is 1. The number of alkyl halides is 34. The van der Waals surface area contributed by atoms with Gasteiger partial charge in [0.05, 0.1) is 0 Å². The molecule has 52 heavy (non-hydrogen) atoms. The van der Waals surface area contributed by atoms with Crippen LogP contribution in [-0.2, 0) is 4.79 Å². The van der Waals surface area contributed by atoms with E-state index < -0.39 is 101 Å². The van der Waals surface area contributed by atoms with Crippen molar-refractivity contribution in [2.45, 2.75) is 95.3 Å². The molecule has 0 radical (unpaired) electrons. The van der Waals surface area contributed by atoms with Gasteiger partial charge < -0.3 is 0 Å². The maximum Gasteiger partial charge on any atom is 0.460 e.